The number of carboxylic acids is 1. The molecule has 2 aromatic rings. The van der Waals surface area contributed by atoms with Crippen LogP contribution in [0.15, 0.2) is 33.7 Å². The molecule has 0 saturated heterocycles. The number of H-pyrrole nitrogens is 1. The van der Waals surface area contributed by atoms with Crippen LogP contribution in [0.3, 0.4) is 0 Å². The van der Waals surface area contributed by atoms with Crippen LogP contribution < -0.4 is 5.56 Å². The van der Waals surface area contributed by atoms with E-state index in [0.29, 0.717) is 17.0 Å². The van der Waals surface area contributed by atoms with Gasteiger partial charge in [-0.05, 0) is 25.1 Å². The maximum absolute atomic E-state index is 11.5. The average molecular weight is 219 g/mol. The Morgan fingerprint density at radius 1 is 1.50 bits per heavy atom. The van der Waals surface area contributed by atoms with Gasteiger partial charge in [-0.15, -0.1) is 0 Å². The van der Waals surface area contributed by atoms with Crippen LogP contribution in [-0.2, 0) is 0 Å². The number of aromatic carboxylic acids is 1. The molecule has 0 spiro atoms. The molecule has 0 unspecified atom stereocenters. The summed E-state index contributed by atoms with van der Waals surface area (Å²) in [4.78, 5) is 25.0. The topological polar surface area (TPSA) is 83.3 Å². The van der Waals surface area contributed by atoms with Crippen molar-refractivity contribution >= 4 is 5.97 Å². The molecular weight excluding hydrogens is 210 g/mol. The normalized spacial score (nSPS) is 10.3. The average Bonchev–Trinajstić information content (AvgIpc) is 2.67. The van der Waals surface area contributed by atoms with E-state index in [4.69, 9.17) is 9.52 Å². The number of hydrogen-bond donors (Lipinski definition) is 2. The largest absolute Gasteiger partial charge is 0.477 e. The van der Waals surface area contributed by atoms with Gasteiger partial charge in [-0.2, -0.15) is 0 Å². The standard InChI is InChI=1S/C11H9NO4/c1-6-5-7(8-3-2-4-16-8)9(11(14)15)10(13)12-6/h2-5H,1H3,(H,12,13)(H,14,15). The molecule has 0 saturated carbocycles. The Bertz CT molecular complexity index is 581. The zero-order chi connectivity index (χ0) is 11.7. The zero-order valence-corrected chi connectivity index (χ0v) is 8.48. The molecule has 16 heavy (non-hydrogen) atoms. The summed E-state index contributed by atoms with van der Waals surface area (Å²) in [6, 6.07) is 4.82. The van der Waals surface area contributed by atoms with Crippen molar-refractivity contribution < 1.29 is 14.3 Å². The first-order valence-corrected chi connectivity index (χ1v) is 4.60. The van der Waals surface area contributed by atoms with Crippen LogP contribution in [0.1, 0.15) is 16.1 Å². The first-order valence-electron chi connectivity index (χ1n) is 4.60. The van der Waals surface area contributed by atoms with Crippen LogP contribution in [0.5, 0.6) is 0 Å². The van der Waals surface area contributed by atoms with E-state index in [2.05, 4.69) is 4.98 Å². The van der Waals surface area contributed by atoms with Gasteiger partial charge >= 0.3 is 5.97 Å². The first kappa shape index (κ1) is 10.2. The van der Waals surface area contributed by atoms with Crippen LogP contribution in [0.25, 0.3) is 11.3 Å². The fourth-order valence-corrected chi connectivity index (χ4v) is 1.53. The second-order valence-corrected chi connectivity index (χ2v) is 3.35. The van der Waals surface area contributed by atoms with Gasteiger partial charge in [0.2, 0.25) is 0 Å². The van der Waals surface area contributed by atoms with Crippen molar-refractivity contribution in [3.63, 3.8) is 0 Å². The molecule has 2 rings (SSSR count). The van der Waals surface area contributed by atoms with Gasteiger partial charge in [0.25, 0.3) is 5.56 Å². The monoisotopic (exact) mass is 219 g/mol. The molecule has 0 aliphatic rings. The number of aryl methyl sites for hydroxylation is 1. The van der Waals surface area contributed by atoms with Gasteiger partial charge in [-0.1, -0.05) is 0 Å². The number of carboxylic acid groups (broad SMARTS) is 1. The summed E-state index contributed by atoms with van der Waals surface area (Å²) < 4.78 is 5.10. The van der Waals surface area contributed by atoms with Gasteiger partial charge in [0.05, 0.1) is 6.26 Å². The van der Waals surface area contributed by atoms with Crippen LogP contribution in [0.4, 0.5) is 0 Å². The van der Waals surface area contributed by atoms with E-state index in [0.717, 1.165) is 0 Å². The quantitative estimate of drug-likeness (QED) is 0.804. The van der Waals surface area contributed by atoms with E-state index < -0.39 is 11.5 Å². The predicted octanol–water partition coefficient (Wildman–Crippen LogP) is 1.64. The third kappa shape index (κ3) is 1.63. The number of pyridine rings is 1. The number of furan rings is 1. The number of hydrogen-bond acceptors (Lipinski definition) is 3. The Morgan fingerprint density at radius 2 is 2.25 bits per heavy atom. The summed E-state index contributed by atoms with van der Waals surface area (Å²) in [6.45, 7) is 1.68. The lowest BCUT2D eigenvalue weighted by Gasteiger charge is -2.03. The minimum atomic E-state index is -1.27. The molecule has 0 aromatic carbocycles. The fourth-order valence-electron chi connectivity index (χ4n) is 1.53. The molecule has 0 fully saturated rings. The van der Waals surface area contributed by atoms with E-state index in [9.17, 15) is 9.59 Å². The third-order valence-corrected chi connectivity index (χ3v) is 2.17. The van der Waals surface area contributed by atoms with E-state index in [1.165, 1.54) is 6.26 Å². The van der Waals surface area contributed by atoms with Crippen molar-refractivity contribution in [3.05, 3.63) is 46.1 Å². The Labute approximate surface area is 90.3 Å². The number of nitrogens with one attached hydrogen (secondary N) is 1. The molecule has 0 aliphatic heterocycles. The molecule has 0 radical (unpaired) electrons. The summed E-state index contributed by atoms with van der Waals surface area (Å²) in [5.41, 5.74) is -0.0559. The van der Waals surface area contributed by atoms with Gasteiger partial charge in [0, 0.05) is 11.3 Å². The summed E-state index contributed by atoms with van der Waals surface area (Å²) in [5, 5.41) is 8.97. The first-order chi connectivity index (χ1) is 7.59. The van der Waals surface area contributed by atoms with Gasteiger partial charge < -0.3 is 14.5 Å². The molecule has 0 aliphatic carbocycles. The lowest BCUT2D eigenvalue weighted by atomic mass is 10.1. The Kier molecular flexibility index (Phi) is 2.36. The highest BCUT2D eigenvalue weighted by Crippen LogP contribution is 2.22. The van der Waals surface area contributed by atoms with Gasteiger partial charge in [0.1, 0.15) is 11.3 Å². The van der Waals surface area contributed by atoms with Crippen molar-refractivity contribution in [1.29, 1.82) is 0 Å². The Balaban J connectivity index is 2.77. The summed E-state index contributed by atoms with van der Waals surface area (Å²) >= 11 is 0. The van der Waals surface area contributed by atoms with Crippen LogP contribution in [0, 0.1) is 6.92 Å². The third-order valence-electron chi connectivity index (χ3n) is 2.17. The Morgan fingerprint density at radius 3 is 2.81 bits per heavy atom. The van der Waals surface area contributed by atoms with Crippen molar-refractivity contribution in [2.45, 2.75) is 6.92 Å². The van der Waals surface area contributed by atoms with Gasteiger partial charge in [-0.3, -0.25) is 4.79 Å². The molecular formula is C11H9NO4. The minimum Gasteiger partial charge on any atom is -0.477 e. The highest BCUT2D eigenvalue weighted by molar-refractivity contribution is 5.94. The second kappa shape index (κ2) is 3.69. The highest BCUT2D eigenvalue weighted by atomic mass is 16.4. The molecule has 0 atom stereocenters. The summed E-state index contributed by atoms with van der Waals surface area (Å²) in [6.07, 6.45) is 1.43. The van der Waals surface area contributed by atoms with Crippen molar-refractivity contribution in [1.82, 2.24) is 4.98 Å². The van der Waals surface area contributed by atoms with E-state index in [1.54, 1.807) is 25.1 Å². The summed E-state index contributed by atoms with van der Waals surface area (Å²) in [7, 11) is 0. The molecule has 5 nitrogen and oxygen atoms in total. The molecule has 82 valence electrons. The molecule has 0 bridgehead atoms. The fraction of sp³-hybridized carbons (Fsp3) is 0.0909. The maximum Gasteiger partial charge on any atom is 0.342 e. The van der Waals surface area contributed by atoms with E-state index in [-0.39, 0.29) is 5.56 Å². The van der Waals surface area contributed by atoms with E-state index >= 15 is 0 Å². The number of aromatic amines is 1. The zero-order valence-electron chi connectivity index (χ0n) is 8.48. The van der Waals surface area contributed by atoms with Crippen molar-refractivity contribution in [3.8, 4) is 11.3 Å². The van der Waals surface area contributed by atoms with Crippen molar-refractivity contribution in [2.75, 3.05) is 0 Å². The van der Waals surface area contributed by atoms with Crippen molar-refractivity contribution in [2.24, 2.45) is 0 Å². The van der Waals surface area contributed by atoms with Gasteiger partial charge in [-0.25, -0.2) is 4.79 Å². The number of rotatable bonds is 2. The lowest BCUT2D eigenvalue weighted by molar-refractivity contribution is 0.0695. The van der Waals surface area contributed by atoms with Gasteiger partial charge in [0.15, 0.2) is 0 Å². The van der Waals surface area contributed by atoms with Crippen LogP contribution in [0.2, 0.25) is 0 Å². The molecule has 5 heteroatoms. The smallest absolute Gasteiger partial charge is 0.342 e. The number of aromatic nitrogens is 1. The highest BCUT2D eigenvalue weighted by Gasteiger charge is 2.18. The van der Waals surface area contributed by atoms with Crippen LogP contribution >= 0.6 is 0 Å². The maximum atomic E-state index is 11.5. The molecule has 0 amide bonds. The molecule has 2 aromatic heterocycles. The molecule has 2 N–H and O–H groups in total. The number of carbonyl (C=O) groups is 1. The SMILES string of the molecule is Cc1cc(-c2ccco2)c(C(=O)O)c(=O)[nH]1. The Hall–Kier alpha value is -2.30. The second-order valence-electron chi connectivity index (χ2n) is 3.35. The predicted molar refractivity (Wildman–Crippen MR) is 56.5 cm³/mol. The molecule has 2 heterocycles. The summed E-state index contributed by atoms with van der Waals surface area (Å²) in [5.74, 6) is -0.903. The lowest BCUT2D eigenvalue weighted by Crippen LogP contribution is -2.19. The minimum absolute atomic E-state index is 0.291. The van der Waals surface area contributed by atoms with E-state index in [1.807, 2.05) is 0 Å². The van der Waals surface area contributed by atoms with Crippen LogP contribution in [-0.4, -0.2) is 16.1 Å².